The van der Waals surface area contributed by atoms with Gasteiger partial charge in [0.15, 0.2) is 6.61 Å². The highest BCUT2D eigenvalue weighted by Crippen LogP contribution is 2.40. The van der Waals surface area contributed by atoms with Crippen molar-refractivity contribution in [3.05, 3.63) is 58.7 Å². The summed E-state index contributed by atoms with van der Waals surface area (Å²) in [5.74, 6) is -1.83. The van der Waals surface area contributed by atoms with Crippen LogP contribution in [-0.4, -0.2) is 23.7 Å². The molecule has 0 aromatic carbocycles. The third-order valence-corrected chi connectivity index (χ3v) is 4.46. The van der Waals surface area contributed by atoms with Gasteiger partial charge in [-0.05, 0) is 56.6 Å². The standard InChI is InChI=1S/C22H30O4/c1-16(11-12-19-18(3)10-7-13-22(19,4)5)8-6-9-17(2)14-21(25)26-15-20(23)24/h6,8-9,11-12,14H,7,10,13,15H2,1-5H3,(H,23,24)/b9-6+,12-11+,16-8+,17-14-. The molecule has 0 unspecified atom stereocenters. The van der Waals surface area contributed by atoms with E-state index in [-0.39, 0.29) is 5.41 Å². The van der Waals surface area contributed by atoms with E-state index in [4.69, 9.17) is 5.11 Å². The molecule has 0 radical (unpaired) electrons. The summed E-state index contributed by atoms with van der Waals surface area (Å²) in [6, 6.07) is 0. The van der Waals surface area contributed by atoms with E-state index in [0.717, 1.165) is 5.57 Å². The molecule has 0 saturated heterocycles. The Hall–Kier alpha value is -2.36. The summed E-state index contributed by atoms with van der Waals surface area (Å²) < 4.78 is 4.56. The number of carboxylic acids is 1. The number of carboxylic acid groups (broad SMARTS) is 1. The Bertz CT molecular complexity index is 685. The van der Waals surface area contributed by atoms with Gasteiger partial charge in [-0.25, -0.2) is 9.59 Å². The van der Waals surface area contributed by atoms with Crippen molar-refractivity contribution >= 4 is 11.9 Å². The molecule has 0 atom stereocenters. The third-order valence-electron chi connectivity index (χ3n) is 4.46. The molecular formula is C22H30O4. The van der Waals surface area contributed by atoms with Crippen molar-refractivity contribution in [2.45, 2.75) is 53.9 Å². The van der Waals surface area contributed by atoms with Crippen LogP contribution < -0.4 is 0 Å². The highest BCUT2D eigenvalue weighted by atomic mass is 16.5. The SMILES string of the molecule is CC1=C(/C=C/C(C)=C/C=C/C(C)=C\C(=O)OCC(=O)O)C(C)(C)CCC1. The van der Waals surface area contributed by atoms with E-state index in [9.17, 15) is 9.59 Å². The molecule has 4 nitrogen and oxygen atoms in total. The number of allylic oxidation sites excluding steroid dienone is 9. The van der Waals surface area contributed by atoms with Crippen molar-refractivity contribution in [2.75, 3.05) is 6.61 Å². The molecule has 0 saturated carbocycles. The number of hydrogen-bond donors (Lipinski definition) is 1. The van der Waals surface area contributed by atoms with Crippen LogP contribution in [0.25, 0.3) is 0 Å². The Kier molecular flexibility index (Phi) is 8.30. The van der Waals surface area contributed by atoms with Crippen molar-refractivity contribution in [3.63, 3.8) is 0 Å². The minimum absolute atomic E-state index is 0.227. The number of aliphatic carboxylic acids is 1. The lowest BCUT2D eigenvalue weighted by Crippen LogP contribution is -2.19. The molecule has 1 rings (SSSR count). The number of carbonyl (C=O) groups excluding carboxylic acids is 1. The molecular weight excluding hydrogens is 328 g/mol. The predicted molar refractivity (Wildman–Crippen MR) is 105 cm³/mol. The van der Waals surface area contributed by atoms with E-state index in [1.165, 1.54) is 36.5 Å². The normalized spacial score (nSPS) is 18.7. The average molecular weight is 358 g/mol. The minimum atomic E-state index is -1.17. The van der Waals surface area contributed by atoms with Gasteiger partial charge in [0, 0.05) is 6.08 Å². The maximum Gasteiger partial charge on any atom is 0.341 e. The van der Waals surface area contributed by atoms with Gasteiger partial charge in [-0.1, -0.05) is 55.4 Å². The van der Waals surface area contributed by atoms with Crippen molar-refractivity contribution in [2.24, 2.45) is 5.41 Å². The fraction of sp³-hybridized carbons (Fsp3) is 0.455. The summed E-state index contributed by atoms with van der Waals surface area (Å²) in [6.07, 6.45) is 14.9. The van der Waals surface area contributed by atoms with Crippen LogP contribution in [-0.2, 0) is 14.3 Å². The fourth-order valence-corrected chi connectivity index (χ4v) is 3.04. The van der Waals surface area contributed by atoms with Crippen LogP contribution >= 0.6 is 0 Å². The molecule has 0 heterocycles. The van der Waals surface area contributed by atoms with Crippen molar-refractivity contribution < 1.29 is 19.4 Å². The average Bonchev–Trinajstić information content (AvgIpc) is 2.51. The molecule has 1 aliphatic rings. The van der Waals surface area contributed by atoms with Crippen LogP contribution in [0.5, 0.6) is 0 Å². The molecule has 26 heavy (non-hydrogen) atoms. The summed E-state index contributed by atoms with van der Waals surface area (Å²) in [7, 11) is 0. The number of ether oxygens (including phenoxy) is 1. The lowest BCUT2D eigenvalue weighted by Gasteiger charge is -2.32. The number of rotatable bonds is 7. The monoisotopic (exact) mass is 358 g/mol. The highest BCUT2D eigenvalue weighted by molar-refractivity contribution is 5.85. The molecule has 1 aliphatic carbocycles. The third kappa shape index (κ3) is 7.68. The fourth-order valence-electron chi connectivity index (χ4n) is 3.04. The van der Waals surface area contributed by atoms with Crippen molar-refractivity contribution in [3.8, 4) is 0 Å². The maximum absolute atomic E-state index is 11.4. The Morgan fingerprint density at radius 1 is 1.19 bits per heavy atom. The summed E-state index contributed by atoms with van der Waals surface area (Å²) in [4.78, 5) is 21.7. The second kappa shape index (κ2) is 9.95. The molecule has 4 heteroatoms. The van der Waals surface area contributed by atoms with E-state index in [2.05, 4.69) is 37.7 Å². The molecule has 0 amide bonds. The molecule has 0 aliphatic heterocycles. The van der Waals surface area contributed by atoms with Gasteiger partial charge >= 0.3 is 11.9 Å². The molecule has 0 aromatic heterocycles. The van der Waals surface area contributed by atoms with Crippen molar-refractivity contribution in [1.82, 2.24) is 0 Å². The lowest BCUT2D eigenvalue weighted by molar-refractivity contribution is -0.151. The van der Waals surface area contributed by atoms with Gasteiger partial charge in [0.1, 0.15) is 0 Å². The van der Waals surface area contributed by atoms with Crippen LogP contribution in [0.1, 0.15) is 53.9 Å². The predicted octanol–water partition coefficient (Wildman–Crippen LogP) is 5.15. The molecule has 0 bridgehead atoms. The van der Waals surface area contributed by atoms with Gasteiger partial charge in [-0.15, -0.1) is 0 Å². The Balaban J connectivity index is 2.69. The minimum Gasteiger partial charge on any atom is -0.479 e. The Morgan fingerprint density at radius 2 is 1.88 bits per heavy atom. The second-order valence-corrected chi connectivity index (χ2v) is 7.42. The zero-order valence-corrected chi connectivity index (χ0v) is 16.5. The summed E-state index contributed by atoms with van der Waals surface area (Å²) in [6.45, 7) is 9.99. The Labute approximate surface area is 156 Å². The van der Waals surface area contributed by atoms with E-state index < -0.39 is 18.5 Å². The maximum atomic E-state index is 11.4. The van der Waals surface area contributed by atoms with Crippen LogP contribution in [0.2, 0.25) is 0 Å². The largest absolute Gasteiger partial charge is 0.479 e. The van der Waals surface area contributed by atoms with Crippen molar-refractivity contribution in [1.29, 1.82) is 0 Å². The number of esters is 1. The van der Waals surface area contributed by atoms with Gasteiger partial charge in [-0.2, -0.15) is 0 Å². The summed E-state index contributed by atoms with van der Waals surface area (Å²) in [5, 5.41) is 8.46. The summed E-state index contributed by atoms with van der Waals surface area (Å²) in [5.41, 5.74) is 4.94. The Morgan fingerprint density at radius 3 is 2.50 bits per heavy atom. The van der Waals surface area contributed by atoms with Crippen LogP contribution in [0, 0.1) is 5.41 Å². The van der Waals surface area contributed by atoms with Gasteiger partial charge in [0.05, 0.1) is 0 Å². The molecule has 1 N–H and O–H groups in total. The number of hydrogen-bond acceptors (Lipinski definition) is 3. The van der Waals surface area contributed by atoms with Gasteiger partial charge in [0.2, 0.25) is 0 Å². The topological polar surface area (TPSA) is 63.6 Å². The summed E-state index contributed by atoms with van der Waals surface area (Å²) >= 11 is 0. The quantitative estimate of drug-likeness (QED) is 0.388. The zero-order valence-electron chi connectivity index (χ0n) is 16.5. The molecule has 0 aromatic rings. The molecule has 0 spiro atoms. The van der Waals surface area contributed by atoms with E-state index in [1.54, 1.807) is 13.0 Å². The van der Waals surface area contributed by atoms with Gasteiger partial charge in [0.25, 0.3) is 0 Å². The van der Waals surface area contributed by atoms with E-state index in [1.807, 2.05) is 19.1 Å². The van der Waals surface area contributed by atoms with Crippen LogP contribution in [0.4, 0.5) is 0 Å². The first-order valence-electron chi connectivity index (χ1n) is 8.92. The number of carbonyl (C=O) groups is 2. The van der Waals surface area contributed by atoms with Crippen LogP contribution in [0.3, 0.4) is 0 Å². The van der Waals surface area contributed by atoms with E-state index >= 15 is 0 Å². The van der Waals surface area contributed by atoms with Gasteiger partial charge < -0.3 is 9.84 Å². The first kappa shape index (κ1) is 21.7. The highest BCUT2D eigenvalue weighted by Gasteiger charge is 2.26. The molecule has 0 fully saturated rings. The second-order valence-electron chi connectivity index (χ2n) is 7.42. The first-order chi connectivity index (χ1) is 12.1. The smallest absolute Gasteiger partial charge is 0.341 e. The first-order valence-corrected chi connectivity index (χ1v) is 8.92. The molecule has 142 valence electrons. The van der Waals surface area contributed by atoms with Gasteiger partial charge in [-0.3, -0.25) is 0 Å². The zero-order chi connectivity index (χ0) is 19.7. The van der Waals surface area contributed by atoms with E-state index in [0.29, 0.717) is 5.57 Å². The van der Waals surface area contributed by atoms with Crippen LogP contribution in [0.15, 0.2) is 58.7 Å². The lowest BCUT2D eigenvalue weighted by atomic mass is 9.72.